The van der Waals surface area contributed by atoms with E-state index in [0.717, 1.165) is 17.0 Å². The molecule has 6 nitrogen and oxygen atoms in total. The first-order valence-electron chi connectivity index (χ1n) is 7.38. The average Bonchev–Trinajstić information content (AvgIpc) is 3.26. The zero-order chi connectivity index (χ0) is 15.4. The molecule has 1 aliphatic rings. The van der Waals surface area contributed by atoms with Crippen molar-refractivity contribution in [3.63, 3.8) is 0 Å². The molecule has 1 aromatic carbocycles. The van der Waals surface area contributed by atoms with Crippen LogP contribution in [0.1, 0.15) is 47.4 Å². The van der Waals surface area contributed by atoms with Gasteiger partial charge in [0.2, 0.25) is 0 Å². The molecular weight excluding hydrogens is 280 g/mol. The lowest BCUT2D eigenvalue weighted by Crippen LogP contribution is -2.18. The molecule has 0 radical (unpaired) electrons. The van der Waals surface area contributed by atoms with Crippen molar-refractivity contribution in [2.75, 3.05) is 6.61 Å². The van der Waals surface area contributed by atoms with Gasteiger partial charge in [-0.25, -0.2) is 5.43 Å². The number of hydrazone groups is 1. The Morgan fingerprint density at radius 1 is 1.45 bits per heavy atom. The molecule has 0 unspecified atom stereocenters. The lowest BCUT2D eigenvalue weighted by atomic mass is 10.2. The van der Waals surface area contributed by atoms with Crippen LogP contribution in [0, 0.1) is 0 Å². The number of rotatable bonds is 6. The number of aromatic nitrogens is 2. The second kappa shape index (κ2) is 6.43. The van der Waals surface area contributed by atoms with Crippen molar-refractivity contribution in [2.24, 2.45) is 5.10 Å². The summed E-state index contributed by atoms with van der Waals surface area (Å²) < 4.78 is 5.36. The summed E-state index contributed by atoms with van der Waals surface area (Å²) in [5.41, 5.74) is 4.75. The number of nitrogens with zero attached hydrogens (tertiary/aromatic N) is 2. The van der Waals surface area contributed by atoms with E-state index in [1.54, 1.807) is 12.3 Å². The van der Waals surface area contributed by atoms with E-state index < -0.39 is 0 Å². The largest absolute Gasteiger partial charge is 0.494 e. The van der Waals surface area contributed by atoms with Gasteiger partial charge in [0.25, 0.3) is 5.91 Å². The first-order valence-corrected chi connectivity index (χ1v) is 7.38. The molecule has 0 bridgehead atoms. The maximum atomic E-state index is 11.9. The Morgan fingerprint density at radius 3 is 2.91 bits per heavy atom. The van der Waals surface area contributed by atoms with Crippen LogP contribution in [0.15, 0.2) is 35.4 Å². The number of aromatic amines is 1. The molecule has 6 heteroatoms. The van der Waals surface area contributed by atoms with E-state index in [4.69, 9.17) is 4.74 Å². The van der Waals surface area contributed by atoms with Crippen LogP contribution in [-0.4, -0.2) is 28.9 Å². The summed E-state index contributed by atoms with van der Waals surface area (Å²) in [5.74, 6) is 1.04. The van der Waals surface area contributed by atoms with Gasteiger partial charge in [-0.15, -0.1) is 0 Å². The maximum Gasteiger partial charge on any atom is 0.291 e. The Morgan fingerprint density at radius 2 is 2.23 bits per heavy atom. The van der Waals surface area contributed by atoms with Crippen LogP contribution in [0.2, 0.25) is 0 Å². The van der Waals surface area contributed by atoms with Crippen molar-refractivity contribution in [1.82, 2.24) is 15.6 Å². The van der Waals surface area contributed by atoms with Gasteiger partial charge in [0.15, 0.2) is 5.69 Å². The molecule has 2 aromatic rings. The molecular formula is C16H18N4O2. The third-order valence-electron chi connectivity index (χ3n) is 3.42. The zero-order valence-electron chi connectivity index (χ0n) is 12.4. The molecule has 2 N–H and O–H groups in total. The van der Waals surface area contributed by atoms with Crippen LogP contribution in [0.5, 0.6) is 5.75 Å². The summed E-state index contributed by atoms with van der Waals surface area (Å²) in [4.78, 5) is 11.9. The predicted octanol–water partition coefficient (Wildman–Crippen LogP) is 2.45. The molecule has 1 aliphatic carbocycles. The summed E-state index contributed by atoms with van der Waals surface area (Å²) in [6.45, 7) is 2.57. The zero-order valence-corrected chi connectivity index (χ0v) is 12.4. The van der Waals surface area contributed by atoms with E-state index in [9.17, 15) is 4.79 Å². The van der Waals surface area contributed by atoms with Crippen molar-refractivity contribution in [3.05, 3.63) is 47.3 Å². The molecule has 1 fully saturated rings. The van der Waals surface area contributed by atoms with Gasteiger partial charge in [0.1, 0.15) is 5.75 Å². The van der Waals surface area contributed by atoms with Gasteiger partial charge in [-0.05, 0) is 55.7 Å². The van der Waals surface area contributed by atoms with Crippen molar-refractivity contribution < 1.29 is 9.53 Å². The number of amides is 1. The van der Waals surface area contributed by atoms with Crippen molar-refractivity contribution in [1.29, 1.82) is 0 Å². The number of H-pyrrole nitrogens is 1. The maximum absolute atomic E-state index is 11.9. The Kier molecular flexibility index (Phi) is 4.18. The van der Waals surface area contributed by atoms with Crippen LogP contribution >= 0.6 is 0 Å². The molecule has 0 spiro atoms. The molecule has 114 valence electrons. The fourth-order valence-electron chi connectivity index (χ4n) is 2.10. The highest BCUT2D eigenvalue weighted by atomic mass is 16.5. The standard InChI is InChI=1S/C16H18N4O2/c1-2-22-13-7-3-11(4-8-13)10-17-20-16(21)15-9-14(18-19-15)12-5-6-12/h3-4,7-10,12H,2,5-6H2,1H3,(H,18,19)(H,20,21)/b17-10-. The molecule has 0 saturated heterocycles. The number of hydrogen-bond donors (Lipinski definition) is 2. The van der Waals surface area contributed by atoms with Gasteiger partial charge in [-0.2, -0.15) is 10.2 Å². The summed E-state index contributed by atoms with van der Waals surface area (Å²) in [6.07, 6.45) is 3.92. The molecule has 1 heterocycles. The van der Waals surface area contributed by atoms with Gasteiger partial charge in [-0.3, -0.25) is 9.89 Å². The minimum absolute atomic E-state index is 0.315. The quantitative estimate of drug-likeness (QED) is 0.635. The predicted molar refractivity (Wildman–Crippen MR) is 83.2 cm³/mol. The third-order valence-corrected chi connectivity index (χ3v) is 3.42. The Balaban J connectivity index is 1.54. The number of benzene rings is 1. The number of ether oxygens (including phenoxy) is 1. The number of carbonyl (C=O) groups is 1. The normalized spacial score (nSPS) is 14.2. The number of hydrogen-bond acceptors (Lipinski definition) is 4. The van der Waals surface area contributed by atoms with Gasteiger partial charge < -0.3 is 4.74 Å². The fraction of sp³-hybridized carbons (Fsp3) is 0.312. The van der Waals surface area contributed by atoms with E-state index in [0.29, 0.717) is 18.2 Å². The minimum Gasteiger partial charge on any atom is -0.494 e. The molecule has 1 aromatic heterocycles. The molecule has 1 amide bonds. The second-order valence-corrected chi connectivity index (χ2v) is 5.18. The van der Waals surface area contributed by atoms with Gasteiger partial charge >= 0.3 is 0 Å². The lowest BCUT2D eigenvalue weighted by Gasteiger charge is -2.02. The lowest BCUT2D eigenvalue weighted by molar-refractivity contribution is 0.0950. The molecule has 1 saturated carbocycles. The topological polar surface area (TPSA) is 79.4 Å². The van der Waals surface area contributed by atoms with Crippen LogP contribution in [0.3, 0.4) is 0 Å². The highest BCUT2D eigenvalue weighted by Gasteiger charge is 2.26. The second-order valence-electron chi connectivity index (χ2n) is 5.18. The summed E-state index contributed by atoms with van der Waals surface area (Å²) in [5, 5.41) is 10.8. The van der Waals surface area contributed by atoms with Crippen LogP contribution in [0.4, 0.5) is 0 Å². The highest BCUT2D eigenvalue weighted by Crippen LogP contribution is 2.38. The van der Waals surface area contributed by atoms with E-state index >= 15 is 0 Å². The first kappa shape index (κ1) is 14.3. The molecule has 0 atom stereocenters. The molecule has 3 rings (SSSR count). The average molecular weight is 298 g/mol. The van der Waals surface area contributed by atoms with Gasteiger partial charge in [-0.1, -0.05) is 0 Å². The number of nitrogens with one attached hydrogen (secondary N) is 2. The van der Waals surface area contributed by atoms with E-state index in [1.165, 1.54) is 12.8 Å². The SMILES string of the molecule is CCOc1ccc(/C=N\NC(=O)c2cc(C3CC3)[nH]n2)cc1. The van der Waals surface area contributed by atoms with E-state index in [-0.39, 0.29) is 5.91 Å². The first-order chi connectivity index (χ1) is 10.8. The number of carbonyl (C=O) groups excluding carboxylic acids is 1. The Labute approximate surface area is 128 Å². The smallest absolute Gasteiger partial charge is 0.291 e. The van der Waals surface area contributed by atoms with Gasteiger partial charge in [0.05, 0.1) is 12.8 Å². The van der Waals surface area contributed by atoms with Crippen LogP contribution in [-0.2, 0) is 0 Å². The van der Waals surface area contributed by atoms with E-state index in [2.05, 4.69) is 20.7 Å². The van der Waals surface area contributed by atoms with Crippen LogP contribution < -0.4 is 10.2 Å². The molecule has 0 aliphatic heterocycles. The third kappa shape index (κ3) is 3.52. The Hall–Kier alpha value is -2.63. The summed E-state index contributed by atoms with van der Waals surface area (Å²) in [6, 6.07) is 9.27. The highest BCUT2D eigenvalue weighted by molar-refractivity contribution is 5.93. The fourth-order valence-corrected chi connectivity index (χ4v) is 2.10. The molecule has 22 heavy (non-hydrogen) atoms. The van der Waals surface area contributed by atoms with Crippen molar-refractivity contribution in [2.45, 2.75) is 25.7 Å². The Bertz CT molecular complexity index is 672. The minimum atomic E-state index is -0.315. The van der Waals surface area contributed by atoms with E-state index in [1.807, 2.05) is 31.2 Å². The van der Waals surface area contributed by atoms with Gasteiger partial charge in [0, 0.05) is 11.6 Å². The van der Waals surface area contributed by atoms with Crippen molar-refractivity contribution in [3.8, 4) is 5.75 Å². The summed E-state index contributed by atoms with van der Waals surface area (Å²) in [7, 11) is 0. The van der Waals surface area contributed by atoms with Crippen molar-refractivity contribution >= 4 is 12.1 Å². The van der Waals surface area contributed by atoms with Crippen LogP contribution in [0.25, 0.3) is 0 Å². The summed E-state index contributed by atoms with van der Waals surface area (Å²) >= 11 is 0. The monoisotopic (exact) mass is 298 g/mol.